The maximum atomic E-state index is 12.3. The summed E-state index contributed by atoms with van der Waals surface area (Å²) in [5.74, 6) is 0. The highest BCUT2D eigenvalue weighted by molar-refractivity contribution is 6.03. The lowest BCUT2D eigenvalue weighted by Crippen LogP contribution is -2.11. The van der Waals surface area contributed by atoms with Crippen LogP contribution in [0.25, 0.3) is 44.1 Å². The SMILES string of the molecule is Cc1ccc2c(N)c(-c3ccccc3)[nH]c(=O)c2c1.Cc1ccc2c(NC=O)c(-c3ccccc3)[nH]c(=O)c2c1. The van der Waals surface area contributed by atoms with Crippen LogP contribution in [0.3, 0.4) is 0 Å². The van der Waals surface area contributed by atoms with E-state index in [4.69, 9.17) is 5.73 Å². The quantitative estimate of drug-likeness (QED) is 0.205. The molecule has 198 valence electrons. The topological polar surface area (TPSA) is 121 Å². The molecule has 0 saturated heterocycles. The zero-order valence-corrected chi connectivity index (χ0v) is 22.1. The Hall–Kier alpha value is -5.43. The summed E-state index contributed by atoms with van der Waals surface area (Å²) in [5, 5.41) is 5.45. The number of anilines is 2. The molecule has 40 heavy (non-hydrogen) atoms. The number of aryl methyl sites for hydroxylation is 2. The number of benzene rings is 4. The van der Waals surface area contributed by atoms with Crippen molar-refractivity contribution in [1.29, 1.82) is 0 Å². The van der Waals surface area contributed by atoms with Crippen LogP contribution < -0.4 is 22.2 Å². The van der Waals surface area contributed by atoms with Gasteiger partial charge in [0, 0.05) is 32.7 Å². The molecule has 2 heterocycles. The summed E-state index contributed by atoms with van der Waals surface area (Å²) in [6.45, 7) is 3.89. The standard InChI is InChI=1S/C17H14N2O2.C16H14N2O/c1-11-7-8-13-14(9-11)17(21)19-15(16(13)18-10-20)12-5-3-2-4-6-12;1-10-7-8-12-13(9-10)16(19)18-15(14(12)17)11-5-3-2-4-6-11/h2-10H,1H3,(H,18,20)(H,19,21);2-9H,17H2,1H3,(H,18,19). The summed E-state index contributed by atoms with van der Waals surface area (Å²) < 4.78 is 0. The molecule has 0 aliphatic carbocycles. The van der Waals surface area contributed by atoms with Crippen LogP contribution in [0.2, 0.25) is 0 Å². The lowest BCUT2D eigenvalue weighted by atomic mass is 10.0. The van der Waals surface area contributed by atoms with Crippen molar-refractivity contribution in [3.8, 4) is 22.5 Å². The van der Waals surface area contributed by atoms with E-state index in [1.54, 1.807) is 0 Å². The van der Waals surface area contributed by atoms with Gasteiger partial charge in [0.05, 0.1) is 22.8 Å². The normalized spacial score (nSPS) is 10.7. The highest BCUT2D eigenvalue weighted by Crippen LogP contribution is 2.31. The molecule has 6 rings (SSSR count). The number of nitrogen functional groups attached to an aromatic ring is 1. The van der Waals surface area contributed by atoms with Gasteiger partial charge in [-0.1, -0.05) is 96.1 Å². The van der Waals surface area contributed by atoms with E-state index in [-0.39, 0.29) is 11.1 Å². The van der Waals surface area contributed by atoms with Gasteiger partial charge in [-0.3, -0.25) is 14.4 Å². The van der Waals surface area contributed by atoms with E-state index in [0.717, 1.165) is 33.0 Å². The van der Waals surface area contributed by atoms with Gasteiger partial charge in [-0.2, -0.15) is 0 Å². The first-order valence-electron chi connectivity index (χ1n) is 12.8. The Morgan fingerprint density at radius 1 is 0.625 bits per heavy atom. The average molecular weight is 529 g/mol. The van der Waals surface area contributed by atoms with Crippen molar-refractivity contribution in [2.24, 2.45) is 0 Å². The third kappa shape index (κ3) is 5.13. The summed E-state index contributed by atoms with van der Waals surface area (Å²) in [6, 6.07) is 30.4. The van der Waals surface area contributed by atoms with E-state index in [0.29, 0.717) is 39.9 Å². The fourth-order valence-corrected chi connectivity index (χ4v) is 4.77. The van der Waals surface area contributed by atoms with Gasteiger partial charge in [0.2, 0.25) is 6.41 Å². The first-order chi connectivity index (χ1) is 19.4. The van der Waals surface area contributed by atoms with E-state index >= 15 is 0 Å². The van der Waals surface area contributed by atoms with E-state index in [1.165, 1.54) is 0 Å². The molecule has 1 amide bonds. The predicted molar refractivity (Wildman–Crippen MR) is 164 cm³/mol. The van der Waals surface area contributed by atoms with Crippen molar-refractivity contribution >= 4 is 39.3 Å². The molecular formula is C33H28N4O3. The summed E-state index contributed by atoms with van der Waals surface area (Å²) >= 11 is 0. The zero-order valence-electron chi connectivity index (χ0n) is 22.1. The second-order valence-corrected chi connectivity index (χ2v) is 9.54. The fraction of sp³-hybridized carbons (Fsp3) is 0.0606. The number of aromatic amines is 2. The molecule has 0 radical (unpaired) electrons. The minimum Gasteiger partial charge on any atom is -0.397 e. The van der Waals surface area contributed by atoms with Crippen molar-refractivity contribution in [1.82, 2.24) is 9.97 Å². The summed E-state index contributed by atoms with van der Waals surface area (Å²) in [4.78, 5) is 41.2. The lowest BCUT2D eigenvalue weighted by molar-refractivity contribution is -0.105. The maximum Gasteiger partial charge on any atom is 0.256 e. The molecular weight excluding hydrogens is 500 g/mol. The Labute approximate surface area is 230 Å². The number of fused-ring (bicyclic) bond motifs is 2. The fourth-order valence-electron chi connectivity index (χ4n) is 4.77. The molecule has 4 aromatic carbocycles. The van der Waals surface area contributed by atoms with Gasteiger partial charge in [0.25, 0.3) is 11.1 Å². The average Bonchev–Trinajstić information content (AvgIpc) is 2.97. The van der Waals surface area contributed by atoms with Crippen LogP contribution >= 0.6 is 0 Å². The predicted octanol–water partition coefficient (Wildman–Crippen LogP) is 6.16. The first-order valence-corrected chi connectivity index (χ1v) is 12.8. The van der Waals surface area contributed by atoms with Gasteiger partial charge in [0.15, 0.2) is 0 Å². The van der Waals surface area contributed by atoms with E-state index in [2.05, 4.69) is 15.3 Å². The molecule has 0 fully saturated rings. The Morgan fingerprint density at radius 3 is 1.65 bits per heavy atom. The molecule has 0 spiro atoms. The number of pyridine rings is 2. The largest absolute Gasteiger partial charge is 0.397 e. The molecule has 7 heteroatoms. The zero-order chi connectivity index (χ0) is 28.2. The van der Waals surface area contributed by atoms with Gasteiger partial charge in [0.1, 0.15) is 0 Å². The minimum atomic E-state index is -0.163. The first kappa shape index (κ1) is 26.2. The Morgan fingerprint density at radius 2 is 1.10 bits per heavy atom. The van der Waals surface area contributed by atoms with Crippen molar-refractivity contribution < 1.29 is 4.79 Å². The number of nitrogens with one attached hydrogen (secondary N) is 3. The van der Waals surface area contributed by atoms with Crippen LogP contribution in [-0.4, -0.2) is 16.4 Å². The monoisotopic (exact) mass is 528 g/mol. The molecule has 2 aromatic heterocycles. The Bertz CT molecular complexity index is 1960. The minimum absolute atomic E-state index is 0.105. The van der Waals surface area contributed by atoms with Gasteiger partial charge in [-0.15, -0.1) is 0 Å². The van der Waals surface area contributed by atoms with Crippen LogP contribution in [-0.2, 0) is 4.79 Å². The number of amides is 1. The van der Waals surface area contributed by atoms with Crippen molar-refractivity contribution in [2.75, 3.05) is 11.1 Å². The second kappa shape index (κ2) is 11.1. The molecule has 0 atom stereocenters. The Balaban J connectivity index is 0.000000162. The molecule has 6 aromatic rings. The van der Waals surface area contributed by atoms with Crippen LogP contribution in [0.5, 0.6) is 0 Å². The van der Waals surface area contributed by atoms with Gasteiger partial charge >= 0.3 is 0 Å². The molecule has 0 aliphatic heterocycles. The Kier molecular flexibility index (Phi) is 7.29. The molecule has 0 aliphatic rings. The third-order valence-corrected chi connectivity index (χ3v) is 6.72. The lowest BCUT2D eigenvalue weighted by Gasteiger charge is -2.12. The number of carbonyl (C=O) groups is 1. The summed E-state index contributed by atoms with van der Waals surface area (Å²) in [6.07, 6.45) is 0.624. The van der Waals surface area contributed by atoms with Crippen LogP contribution in [0.4, 0.5) is 11.4 Å². The number of aromatic nitrogens is 2. The molecule has 5 N–H and O–H groups in total. The molecule has 0 saturated carbocycles. The number of H-pyrrole nitrogens is 2. The van der Waals surface area contributed by atoms with Crippen LogP contribution in [0.1, 0.15) is 11.1 Å². The number of hydrogen-bond acceptors (Lipinski definition) is 4. The van der Waals surface area contributed by atoms with Crippen LogP contribution in [0, 0.1) is 13.8 Å². The number of hydrogen-bond donors (Lipinski definition) is 4. The van der Waals surface area contributed by atoms with Gasteiger partial charge in [-0.05, 0) is 26.0 Å². The molecule has 0 bridgehead atoms. The van der Waals surface area contributed by atoms with E-state index in [1.807, 2.05) is 111 Å². The van der Waals surface area contributed by atoms with Crippen molar-refractivity contribution in [3.05, 3.63) is 129 Å². The van der Waals surface area contributed by atoms with E-state index < -0.39 is 0 Å². The number of carbonyl (C=O) groups excluding carboxylic acids is 1. The maximum absolute atomic E-state index is 12.3. The number of rotatable bonds is 4. The molecule has 7 nitrogen and oxygen atoms in total. The summed E-state index contributed by atoms with van der Waals surface area (Å²) in [7, 11) is 0. The second-order valence-electron chi connectivity index (χ2n) is 9.54. The summed E-state index contributed by atoms with van der Waals surface area (Å²) in [5.41, 5.74) is 12.3. The van der Waals surface area contributed by atoms with Crippen LogP contribution in [0.15, 0.2) is 107 Å². The molecule has 0 unspecified atom stereocenters. The highest BCUT2D eigenvalue weighted by Gasteiger charge is 2.13. The number of nitrogens with two attached hydrogens (primary N) is 1. The van der Waals surface area contributed by atoms with Gasteiger partial charge in [-0.25, -0.2) is 0 Å². The van der Waals surface area contributed by atoms with Crippen molar-refractivity contribution in [2.45, 2.75) is 13.8 Å². The smallest absolute Gasteiger partial charge is 0.256 e. The highest BCUT2D eigenvalue weighted by atomic mass is 16.1. The third-order valence-electron chi connectivity index (χ3n) is 6.72. The van der Waals surface area contributed by atoms with E-state index in [9.17, 15) is 14.4 Å². The van der Waals surface area contributed by atoms with Crippen molar-refractivity contribution in [3.63, 3.8) is 0 Å². The van der Waals surface area contributed by atoms with Gasteiger partial charge < -0.3 is 21.0 Å².